The first-order chi connectivity index (χ1) is 13.3. The van der Waals surface area contributed by atoms with E-state index < -0.39 is 10.2 Å². The van der Waals surface area contributed by atoms with Gasteiger partial charge in [-0.2, -0.15) is 22.0 Å². The second-order valence-corrected chi connectivity index (χ2v) is 10.3. The molecule has 2 fully saturated rings. The Labute approximate surface area is 166 Å². The van der Waals surface area contributed by atoms with Gasteiger partial charge in [-0.3, -0.25) is 4.90 Å². The van der Waals surface area contributed by atoms with Crippen LogP contribution in [-0.4, -0.2) is 72.8 Å². The molecule has 2 aliphatic rings. The van der Waals surface area contributed by atoms with Crippen molar-refractivity contribution in [2.24, 2.45) is 5.41 Å². The van der Waals surface area contributed by atoms with Crippen LogP contribution in [0.1, 0.15) is 31.1 Å². The summed E-state index contributed by atoms with van der Waals surface area (Å²) in [6.45, 7) is 2.04. The van der Waals surface area contributed by atoms with Gasteiger partial charge in [-0.05, 0) is 43.9 Å². The van der Waals surface area contributed by atoms with E-state index in [1.54, 1.807) is 18.4 Å². The van der Waals surface area contributed by atoms with Crippen molar-refractivity contribution in [3.8, 4) is 11.5 Å². The number of hydrogen-bond donors (Lipinski definition) is 0. The van der Waals surface area contributed by atoms with Gasteiger partial charge in [-0.25, -0.2) is 0 Å². The van der Waals surface area contributed by atoms with Crippen molar-refractivity contribution in [1.29, 1.82) is 0 Å². The minimum Gasteiger partial charge on any atom is -0.334 e. The molecule has 1 spiro atoms. The van der Waals surface area contributed by atoms with Crippen LogP contribution < -0.4 is 0 Å². The maximum atomic E-state index is 12.4. The van der Waals surface area contributed by atoms with Gasteiger partial charge in [0.15, 0.2) is 5.82 Å². The summed E-state index contributed by atoms with van der Waals surface area (Å²) in [7, 11) is 1.91. The molecular formula is C19H27N5O3S. The monoisotopic (exact) mass is 405 g/mol. The molecule has 1 unspecified atom stereocenters. The molecule has 2 aromatic rings. The molecule has 1 atom stereocenters. The summed E-state index contributed by atoms with van der Waals surface area (Å²) in [6, 6.07) is 9.86. The average Bonchev–Trinajstić information content (AvgIpc) is 3.28. The number of rotatable bonds is 4. The van der Waals surface area contributed by atoms with Gasteiger partial charge in [-0.15, -0.1) is 0 Å². The Morgan fingerprint density at radius 3 is 2.50 bits per heavy atom. The Morgan fingerprint density at radius 1 is 1.18 bits per heavy atom. The lowest BCUT2D eigenvalue weighted by molar-refractivity contribution is 0.157. The maximum absolute atomic E-state index is 12.4. The van der Waals surface area contributed by atoms with E-state index >= 15 is 0 Å². The van der Waals surface area contributed by atoms with E-state index in [1.165, 1.54) is 4.31 Å². The quantitative estimate of drug-likeness (QED) is 0.774. The van der Waals surface area contributed by atoms with Gasteiger partial charge in [0.2, 0.25) is 0 Å². The third kappa shape index (κ3) is 3.47. The third-order valence-corrected chi connectivity index (χ3v) is 8.02. The highest BCUT2D eigenvalue weighted by Crippen LogP contribution is 2.48. The fraction of sp³-hybridized carbons (Fsp3) is 0.579. The topological polar surface area (TPSA) is 82.8 Å². The Kier molecular flexibility index (Phi) is 5.03. The van der Waals surface area contributed by atoms with Crippen molar-refractivity contribution in [2.45, 2.75) is 25.3 Å². The van der Waals surface area contributed by atoms with E-state index in [0.717, 1.165) is 31.4 Å². The van der Waals surface area contributed by atoms with Crippen molar-refractivity contribution in [3.05, 3.63) is 36.2 Å². The summed E-state index contributed by atoms with van der Waals surface area (Å²) >= 11 is 0. The zero-order chi connectivity index (χ0) is 19.9. The van der Waals surface area contributed by atoms with Crippen LogP contribution in [0.2, 0.25) is 0 Å². The summed E-state index contributed by atoms with van der Waals surface area (Å²) in [4.78, 5) is 6.91. The minimum absolute atomic E-state index is 0.0956. The fourth-order valence-corrected chi connectivity index (χ4v) is 5.52. The second kappa shape index (κ2) is 7.22. The lowest BCUT2D eigenvalue weighted by Gasteiger charge is -2.39. The van der Waals surface area contributed by atoms with Gasteiger partial charge in [-0.1, -0.05) is 23.4 Å². The van der Waals surface area contributed by atoms with Crippen LogP contribution in [0.15, 0.2) is 34.9 Å². The molecule has 0 saturated carbocycles. The van der Waals surface area contributed by atoms with E-state index in [2.05, 4.69) is 22.1 Å². The van der Waals surface area contributed by atoms with Crippen LogP contribution >= 0.6 is 0 Å². The number of benzene rings is 1. The second-order valence-electron chi connectivity index (χ2n) is 8.15. The Balaban J connectivity index is 1.47. The summed E-state index contributed by atoms with van der Waals surface area (Å²) < 4.78 is 33.1. The van der Waals surface area contributed by atoms with Crippen LogP contribution in [0, 0.1) is 5.41 Å². The number of nitrogens with zero attached hydrogens (tertiary/aromatic N) is 5. The molecule has 2 saturated heterocycles. The minimum atomic E-state index is -3.34. The fourth-order valence-electron chi connectivity index (χ4n) is 4.41. The number of piperidine rings is 1. The molecule has 0 N–H and O–H groups in total. The molecule has 0 bridgehead atoms. The summed E-state index contributed by atoms with van der Waals surface area (Å²) in [5, 5.41) is 4.24. The van der Waals surface area contributed by atoms with Crippen molar-refractivity contribution in [2.75, 3.05) is 40.8 Å². The molecule has 2 aliphatic heterocycles. The Bertz CT molecular complexity index is 920. The maximum Gasteiger partial charge on any atom is 0.281 e. The summed E-state index contributed by atoms with van der Waals surface area (Å²) in [6.07, 6.45) is 2.63. The van der Waals surface area contributed by atoms with Gasteiger partial charge in [0.25, 0.3) is 16.1 Å². The lowest BCUT2D eigenvalue weighted by Crippen LogP contribution is -2.47. The van der Waals surface area contributed by atoms with E-state index in [4.69, 9.17) is 4.52 Å². The van der Waals surface area contributed by atoms with Crippen LogP contribution in [0.25, 0.3) is 11.5 Å². The predicted molar refractivity (Wildman–Crippen MR) is 106 cm³/mol. The first kappa shape index (κ1) is 19.5. The molecule has 4 rings (SSSR count). The van der Waals surface area contributed by atoms with E-state index in [0.29, 0.717) is 24.8 Å². The van der Waals surface area contributed by atoms with Crippen molar-refractivity contribution in [1.82, 2.24) is 23.7 Å². The van der Waals surface area contributed by atoms with Crippen molar-refractivity contribution >= 4 is 10.2 Å². The molecule has 1 aromatic heterocycles. The predicted octanol–water partition coefficient (Wildman–Crippen LogP) is 2.00. The smallest absolute Gasteiger partial charge is 0.281 e. The molecule has 0 radical (unpaired) electrons. The van der Waals surface area contributed by atoms with Gasteiger partial charge in [0, 0.05) is 39.3 Å². The zero-order valence-electron chi connectivity index (χ0n) is 16.6. The Morgan fingerprint density at radius 2 is 1.86 bits per heavy atom. The van der Waals surface area contributed by atoms with Gasteiger partial charge >= 0.3 is 0 Å². The van der Waals surface area contributed by atoms with E-state index in [9.17, 15) is 8.42 Å². The molecule has 1 aromatic carbocycles. The molecule has 152 valence electrons. The normalized spacial score (nSPS) is 23.6. The largest absolute Gasteiger partial charge is 0.334 e. The first-order valence-electron chi connectivity index (χ1n) is 9.58. The lowest BCUT2D eigenvalue weighted by atomic mass is 9.77. The highest BCUT2D eigenvalue weighted by molar-refractivity contribution is 7.86. The van der Waals surface area contributed by atoms with Crippen LogP contribution in [-0.2, 0) is 10.2 Å². The van der Waals surface area contributed by atoms with Crippen LogP contribution in [0.3, 0.4) is 0 Å². The van der Waals surface area contributed by atoms with Gasteiger partial charge < -0.3 is 4.52 Å². The first-order valence-corrected chi connectivity index (χ1v) is 11.0. The SMILES string of the molecule is CN1CC2(CCN(S(=O)(=O)N(C)C)CC2)CC1c1noc(-c2ccccc2)n1. The molecule has 9 heteroatoms. The van der Waals surface area contributed by atoms with Crippen LogP contribution in [0.5, 0.6) is 0 Å². The zero-order valence-corrected chi connectivity index (χ0v) is 17.4. The Hall–Kier alpha value is -1.81. The summed E-state index contributed by atoms with van der Waals surface area (Å²) in [5.41, 5.74) is 1.02. The third-order valence-electron chi connectivity index (χ3n) is 6.07. The molecule has 3 heterocycles. The molecule has 28 heavy (non-hydrogen) atoms. The average molecular weight is 406 g/mol. The van der Waals surface area contributed by atoms with Gasteiger partial charge in [0.05, 0.1) is 6.04 Å². The molecule has 0 amide bonds. The molecular weight excluding hydrogens is 378 g/mol. The highest BCUT2D eigenvalue weighted by Gasteiger charge is 2.47. The standard InChI is InChI=1S/C19H27N5O3S/c1-22(2)28(25,26)24-11-9-19(10-12-24)13-16(23(3)14-19)17-20-18(27-21-17)15-7-5-4-6-8-15/h4-8,16H,9-14H2,1-3H3. The number of aromatic nitrogens is 2. The van der Waals surface area contributed by atoms with Crippen molar-refractivity contribution in [3.63, 3.8) is 0 Å². The number of likely N-dealkylation sites (tertiary alicyclic amines) is 1. The van der Waals surface area contributed by atoms with E-state index in [1.807, 2.05) is 30.3 Å². The van der Waals surface area contributed by atoms with Gasteiger partial charge in [0.1, 0.15) is 0 Å². The van der Waals surface area contributed by atoms with Crippen LogP contribution in [0.4, 0.5) is 0 Å². The van der Waals surface area contributed by atoms with E-state index in [-0.39, 0.29) is 11.5 Å². The van der Waals surface area contributed by atoms with Crippen molar-refractivity contribution < 1.29 is 12.9 Å². The highest BCUT2D eigenvalue weighted by atomic mass is 32.2. The summed E-state index contributed by atoms with van der Waals surface area (Å²) in [5.74, 6) is 1.25. The molecule has 8 nitrogen and oxygen atoms in total. The number of hydrogen-bond acceptors (Lipinski definition) is 6. The molecule has 0 aliphatic carbocycles.